The average Bonchev–Trinajstić information content (AvgIpc) is 3.00. The van der Waals surface area contributed by atoms with E-state index in [-0.39, 0.29) is 0 Å². The van der Waals surface area contributed by atoms with Crippen LogP contribution in [0.15, 0.2) is 47.0 Å². The summed E-state index contributed by atoms with van der Waals surface area (Å²) in [6.07, 6.45) is 0. The first kappa shape index (κ1) is 13.5. The number of nitrogen functional groups attached to an aromatic ring is 1. The quantitative estimate of drug-likeness (QED) is 0.747. The van der Waals surface area contributed by atoms with Crippen LogP contribution in [0, 0.1) is 0 Å². The molecule has 2 N–H and O–H groups in total. The number of anilines is 1. The summed E-state index contributed by atoms with van der Waals surface area (Å²) in [6, 6.07) is 12.7. The molecule has 0 radical (unpaired) electrons. The molecule has 0 aliphatic rings. The van der Waals surface area contributed by atoms with E-state index >= 15 is 0 Å². The van der Waals surface area contributed by atoms with E-state index in [0.29, 0.717) is 28.0 Å². The van der Waals surface area contributed by atoms with Gasteiger partial charge in [-0.1, -0.05) is 22.8 Å². The topological polar surface area (TPSA) is 74.2 Å². The molecule has 0 bridgehead atoms. The maximum Gasteiger partial charge on any atom is 0.260 e. The number of rotatable bonds is 3. The smallest absolute Gasteiger partial charge is 0.260 e. The molecular formula is C15H12ClN3O2. The predicted octanol–water partition coefficient (Wildman–Crippen LogP) is 3.65. The van der Waals surface area contributed by atoms with Gasteiger partial charge in [0, 0.05) is 5.56 Å². The van der Waals surface area contributed by atoms with Crippen molar-refractivity contribution in [1.82, 2.24) is 10.1 Å². The van der Waals surface area contributed by atoms with Crippen LogP contribution in [0.3, 0.4) is 0 Å². The van der Waals surface area contributed by atoms with Crippen LogP contribution in [0.2, 0.25) is 5.02 Å². The van der Waals surface area contributed by atoms with E-state index in [4.69, 9.17) is 26.6 Å². The lowest BCUT2D eigenvalue weighted by atomic mass is 10.2. The molecule has 0 fully saturated rings. The molecule has 3 aromatic rings. The van der Waals surface area contributed by atoms with E-state index in [1.54, 1.807) is 25.3 Å². The van der Waals surface area contributed by atoms with Gasteiger partial charge in [0.1, 0.15) is 5.75 Å². The third kappa shape index (κ3) is 2.55. The molecule has 0 saturated heterocycles. The Morgan fingerprint density at radius 2 is 1.90 bits per heavy atom. The zero-order valence-corrected chi connectivity index (χ0v) is 12.0. The molecule has 21 heavy (non-hydrogen) atoms. The Kier molecular flexibility index (Phi) is 3.50. The highest BCUT2D eigenvalue weighted by atomic mass is 35.5. The van der Waals surface area contributed by atoms with Crippen molar-refractivity contribution in [2.24, 2.45) is 0 Å². The summed E-state index contributed by atoms with van der Waals surface area (Å²) < 4.78 is 10.4. The Labute approximate surface area is 126 Å². The Morgan fingerprint density at radius 3 is 2.62 bits per heavy atom. The lowest BCUT2D eigenvalue weighted by Crippen LogP contribution is -1.91. The fraction of sp³-hybridized carbons (Fsp3) is 0.0667. The van der Waals surface area contributed by atoms with Gasteiger partial charge in [0.25, 0.3) is 5.89 Å². The van der Waals surface area contributed by atoms with Crippen molar-refractivity contribution in [3.05, 3.63) is 47.5 Å². The summed E-state index contributed by atoms with van der Waals surface area (Å²) >= 11 is 5.99. The van der Waals surface area contributed by atoms with Crippen molar-refractivity contribution in [2.75, 3.05) is 12.8 Å². The summed E-state index contributed by atoms with van der Waals surface area (Å²) in [5, 5.41) is 4.42. The summed E-state index contributed by atoms with van der Waals surface area (Å²) in [5.74, 6) is 1.58. The molecule has 1 aromatic heterocycles. The number of aromatic nitrogens is 2. The largest absolute Gasteiger partial charge is 0.497 e. The van der Waals surface area contributed by atoms with E-state index in [1.165, 1.54) is 0 Å². The third-order valence-electron chi connectivity index (χ3n) is 3.06. The molecule has 0 spiro atoms. The van der Waals surface area contributed by atoms with Crippen LogP contribution in [0.25, 0.3) is 22.8 Å². The van der Waals surface area contributed by atoms with Crippen molar-refractivity contribution in [2.45, 2.75) is 0 Å². The number of benzene rings is 2. The van der Waals surface area contributed by atoms with Gasteiger partial charge in [0.2, 0.25) is 5.82 Å². The molecular weight excluding hydrogens is 290 g/mol. The van der Waals surface area contributed by atoms with E-state index in [1.807, 2.05) is 24.3 Å². The minimum Gasteiger partial charge on any atom is -0.497 e. The van der Waals surface area contributed by atoms with Gasteiger partial charge < -0.3 is 15.0 Å². The van der Waals surface area contributed by atoms with Gasteiger partial charge in [-0.2, -0.15) is 4.98 Å². The number of nitrogens with two attached hydrogens (primary N) is 1. The SMILES string of the molecule is COc1ccc(-c2noc(-c3cccc(Cl)c3N)n2)cc1. The van der Waals surface area contributed by atoms with Crippen LogP contribution in [-0.2, 0) is 0 Å². The standard InChI is InChI=1S/C15H12ClN3O2/c1-20-10-7-5-9(6-8-10)14-18-15(21-19-14)11-3-2-4-12(16)13(11)17/h2-8H,17H2,1H3. The third-order valence-corrected chi connectivity index (χ3v) is 3.39. The summed E-state index contributed by atoms with van der Waals surface area (Å²) in [6.45, 7) is 0. The molecule has 5 nitrogen and oxygen atoms in total. The molecule has 6 heteroatoms. The predicted molar refractivity (Wildman–Crippen MR) is 81.1 cm³/mol. The minimum atomic E-state index is 0.334. The lowest BCUT2D eigenvalue weighted by Gasteiger charge is -2.01. The number of hydrogen-bond donors (Lipinski definition) is 1. The van der Waals surface area contributed by atoms with E-state index in [0.717, 1.165) is 11.3 Å². The first-order chi connectivity index (χ1) is 10.2. The number of methoxy groups -OCH3 is 1. The van der Waals surface area contributed by atoms with Crippen LogP contribution >= 0.6 is 11.6 Å². The fourth-order valence-corrected chi connectivity index (χ4v) is 2.09. The molecule has 2 aromatic carbocycles. The molecule has 0 saturated carbocycles. The summed E-state index contributed by atoms with van der Waals surface area (Å²) in [4.78, 5) is 4.35. The monoisotopic (exact) mass is 301 g/mol. The second kappa shape index (κ2) is 5.46. The van der Waals surface area contributed by atoms with Gasteiger partial charge in [-0.15, -0.1) is 0 Å². The van der Waals surface area contributed by atoms with Gasteiger partial charge in [0.05, 0.1) is 23.4 Å². The second-order valence-corrected chi connectivity index (χ2v) is 4.76. The zero-order valence-electron chi connectivity index (χ0n) is 11.2. The van der Waals surface area contributed by atoms with E-state index in [2.05, 4.69) is 10.1 Å². The summed E-state index contributed by atoms with van der Waals surface area (Å²) in [7, 11) is 1.61. The molecule has 0 amide bonds. The van der Waals surface area contributed by atoms with Gasteiger partial charge in [-0.05, 0) is 36.4 Å². The summed E-state index contributed by atoms with van der Waals surface area (Å²) in [5.41, 5.74) is 7.79. The van der Waals surface area contributed by atoms with Gasteiger partial charge in [-0.25, -0.2) is 0 Å². The van der Waals surface area contributed by atoms with Crippen molar-refractivity contribution in [3.63, 3.8) is 0 Å². The molecule has 3 rings (SSSR count). The van der Waals surface area contributed by atoms with Crippen LogP contribution < -0.4 is 10.5 Å². The van der Waals surface area contributed by atoms with E-state index < -0.39 is 0 Å². The molecule has 1 heterocycles. The minimum absolute atomic E-state index is 0.334. The number of nitrogens with zero attached hydrogens (tertiary/aromatic N) is 2. The highest BCUT2D eigenvalue weighted by Crippen LogP contribution is 2.31. The average molecular weight is 302 g/mol. The zero-order chi connectivity index (χ0) is 14.8. The van der Waals surface area contributed by atoms with Crippen LogP contribution in [0.1, 0.15) is 0 Å². The molecule has 0 atom stereocenters. The van der Waals surface area contributed by atoms with Crippen LogP contribution in [0.5, 0.6) is 5.75 Å². The number of hydrogen-bond acceptors (Lipinski definition) is 5. The Bertz CT molecular complexity index is 769. The normalized spacial score (nSPS) is 10.6. The number of halogens is 1. The highest BCUT2D eigenvalue weighted by molar-refractivity contribution is 6.33. The van der Waals surface area contributed by atoms with Crippen LogP contribution in [0.4, 0.5) is 5.69 Å². The second-order valence-electron chi connectivity index (χ2n) is 4.35. The first-order valence-corrected chi connectivity index (χ1v) is 6.59. The van der Waals surface area contributed by atoms with E-state index in [9.17, 15) is 0 Å². The van der Waals surface area contributed by atoms with Crippen molar-refractivity contribution in [3.8, 4) is 28.6 Å². The Hall–Kier alpha value is -2.53. The van der Waals surface area contributed by atoms with Crippen molar-refractivity contribution < 1.29 is 9.26 Å². The van der Waals surface area contributed by atoms with Gasteiger partial charge in [-0.3, -0.25) is 0 Å². The number of para-hydroxylation sites is 1. The van der Waals surface area contributed by atoms with Crippen molar-refractivity contribution >= 4 is 17.3 Å². The van der Waals surface area contributed by atoms with Gasteiger partial charge in [0.15, 0.2) is 0 Å². The van der Waals surface area contributed by atoms with Crippen LogP contribution in [-0.4, -0.2) is 17.3 Å². The fourth-order valence-electron chi connectivity index (χ4n) is 1.91. The molecule has 0 unspecified atom stereocenters. The maximum absolute atomic E-state index is 5.99. The lowest BCUT2D eigenvalue weighted by molar-refractivity contribution is 0.415. The van der Waals surface area contributed by atoms with Crippen molar-refractivity contribution in [1.29, 1.82) is 0 Å². The number of ether oxygens (including phenoxy) is 1. The Morgan fingerprint density at radius 1 is 1.14 bits per heavy atom. The molecule has 106 valence electrons. The maximum atomic E-state index is 5.99. The highest BCUT2D eigenvalue weighted by Gasteiger charge is 2.14. The molecule has 0 aliphatic heterocycles. The van der Waals surface area contributed by atoms with Gasteiger partial charge >= 0.3 is 0 Å². The Balaban J connectivity index is 1.97. The molecule has 0 aliphatic carbocycles. The first-order valence-electron chi connectivity index (χ1n) is 6.21.